The van der Waals surface area contributed by atoms with E-state index in [-0.39, 0.29) is 5.41 Å². The average molecular weight is 267 g/mol. The molecule has 2 fully saturated rings. The molecule has 19 heavy (non-hydrogen) atoms. The van der Waals surface area contributed by atoms with Gasteiger partial charge in [0, 0.05) is 37.1 Å². The predicted molar refractivity (Wildman–Crippen MR) is 78.1 cm³/mol. The summed E-state index contributed by atoms with van der Waals surface area (Å²) in [6.07, 6.45) is 4.75. The summed E-state index contributed by atoms with van der Waals surface area (Å²) in [6, 6.07) is 1.22. The van der Waals surface area contributed by atoms with Crippen LogP contribution in [0.4, 0.5) is 0 Å². The van der Waals surface area contributed by atoms with Crippen LogP contribution in [0.15, 0.2) is 0 Å². The highest BCUT2D eigenvalue weighted by atomic mass is 16.2. The number of nitrogens with one attached hydrogen (secondary N) is 2. The van der Waals surface area contributed by atoms with Gasteiger partial charge in [-0.3, -0.25) is 4.79 Å². The highest BCUT2D eigenvalue weighted by molar-refractivity contribution is 5.81. The van der Waals surface area contributed by atoms with Crippen molar-refractivity contribution in [1.29, 1.82) is 0 Å². The van der Waals surface area contributed by atoms with Crippen LogP contribution < -0.4 is 10.6 Å². The molecular formula is C15H29N3O. The van der Waals surface area contributed by atoms with Gasteiger partial charge >= 0.3 is 0 Å². The minimum Gasteiger partial charge on any atom is -0.342 e. The molecule has 2 N–H and O–H groups in total. The Balaban J connectivity index is 1.74. The molecule has 0 aromatic heterocycles. The van der Waals surface area contributed by atoms with Crippen molar-refractivity contribution in [1.82, 2.24) is 15.5 Å². The number of likely N-dealkylation sites (tertiary alicyclic amines) is 1. The molecule has 0 aromatic rings. The van der Waals surface area contributed by atoms with Gasteiger partial charge in [0.2, 0.25) is 5.91 Å². The van der Waals surface area contributed by atoms with E-state index in [2.05, 4.69) is 10.6 Å². The van der Waals surface area contributed by atoms with Gasteiger partial charge in [-0.1, -0.05) is 20.8 Å². The lowest BCUT2D eigenvalue weighted by atomic mass is 9.92. The molecule has 2 aliphatic rings. The van der Waals surface area contributed by atoms with Gasteiger partial charge in [0.25, 0.3) is 0 Å². The quantitative estimate of drug-likeness (QED) is 0.794. The Hall–Kier alpha value is -0.610. The fourth-order valence-electron chi connectivity index (χ4n) is 3.05. The summed E-state index contributed by atoms with van der Waals surface area (Å²) in [4.78, 5) is 14.3. The number of amides is 1. The molecule has 2 aliphatic heterocycles. The van der Waals surface area contributed by atoms with E-state index in [4.69, 9.17) is 0 Å². The number of nitrogens with zero attached hydrogens (tertiary/aromatic N) is 1. The lowest BCUT2D eigenvalue weighted by Crippen LogP contribution is -2.52. The van der Waals surface area contributed by atoms with Crippen molar-refractivity contribution in [3.8, 4) is 0 Å². The van der Waals surface area contributed by atoms with Crippen molar-refractivity contribution >= 4 is 5.91 Å². The van der Waals surface area contributed by atoms with E-state index in [0.717, 1.165) is 39.0 Å². The topological polar surface area (TPSA) is 44.4 Å². The molecule has 1 amide bonds. The van der Waals surface area contributed by atoms with E-state index in [0.29, 0.717) is 18.0 Å². The van der Waals surface area contributed by atoms with Crippen LogP contribution in [0.3, 0.4) is 0 Å². The molecule has 0 aliphatic carbocycles. The molecule has 0 aromatic carbocycles. The number of rotatable bonds is 2. The summed E-state index contributed by atoms with van der Waals surface area (Å²) < 4.78 is 0. The predicted octanol–water partition coefficient (Wildman–Crippen LogP) is 1.37. The smallest absolute Gasteiger partial charge is 0.227 e. The van der Waals surface area contributed by atoms with E-state index in [1.165, 1.54) is 12.8 Å². The van der Waals surface area contributed by atoms with E-state index in [1.54, 1.807) is 0 Å². The number of carbonyl (C=O) groups is 1. The Morgan fingerprint density at radius 1 is 1.16 bits per heavy atom. The van der Waals surface area contributed by atoms with E-state index >= 15 is 0 Å². The molecule has 2 saturated heterocycles. The Kier molecular flexibility index (Phi) is 4.85. The standard InChI is InChI=1S/C15H29N3O/c1-15(2,3)14(19)18-9-6-12(7-10-18)17-13-5-4-8-16-11-13/h12-13,16-17H,4-11H2,1-3H3. The number of carbonyl (C=O) groups excluding carboxylic acids is 1. The van der Waals surface area contributed by atoms with E-state index < -0.39 is 0 Å². The number of hydrogen-bond donors (Lipinski definition) is 2. The maximum Gasteiger partial charge on any atom is 0.227 e. The molecule has 0 saturated carbocycles. The highest BCUT2D eigenvalue weighted by Crippen LogP contribution is 2.21. The van der Waals surface area contributed by atoms with Crippen molar-refractivity contribution in [2.45, 2.75) is 58.5 Å². The van der Waals surface area contributed by atoms with Crippen LogP contribution in [0.2, 0.25) is 0 Å². The monoisotopic (exact) mass is 267 g/mol. The zero-order chi connectivity index (χ0) is 13.9. The molecule has 4 nitrogen and oxygen atoms in total. The third-order valence-electron chi connectivity index (χ3n) is 4.19. The first-order chi connectivity index (χ1) is 8.97. The third kappa shape index (κ3) is 4.18. The maximum absolute atomic E-state index is 12.2. The summed E-state index contributed by atoms with van der Waals surface area (Å²) >= 11 is 0. The molecule has 2 heterocycles. The SMILES string of the molecule is CC(C)(C)C(=O)N1CCC(NC2CCCNC2)CC1. The summed E-state index contributed by atoms with van der Waals surface area (Å²) in [5.74, 6) is 0.297. The van der Waals surface area contributed by atoms with Crippen LogP contribution in [0.1, 0.15) is 46.5 Å². The largest absolute Gasteiger partial charge is 0.342 e. The number of hydrogen-bond acceptors (Lipinski definition) is 3. The van der Waals surface area contributed by atoms with Crippen molar-refractivity contribution in [2.75, 3.05) is 26.2 Å². The van der Waals surface area contributed by atoms with Gasteiger partial charge in [-0.2, -0.15) is 0 Å². The molecule has 1 unspecified atom stereocenters. The molecule has 110 valence electrons. The second-order valence-corrected chi connectivity index (χ2v) is 7.03. The second-order valence-electron chi connectivity index (χ2n) is 7.03. The van der Waals surface area contributed by atoms with Gasteiger partial charge in [0.1, 0.15) is 0 Å². The maximum atomic E-state index is 12.2. The normalized spacial score (nSPS) is 26.5. The fourth-order valence-corrected chi connectivity index (χ4v) is 3.05. The molecule has 4 heteroatoms. The van der Waals surface area contributed by atoms with Gasteiger partial charge in [0.05, 0.1) is 0 Å². The molecule has 0 spiro atoms. The van der Waals surface area contributed by atoms with Crippen LogP contribution in [-0.2, 0) is 4.79 Å². The molecule has 0 bridgehead atoms. The molecule has 2 rings (SSSR count). The van der Waals surface area contributed by atoms with Crippen LogP contribution >= 0.6 is 0 Å². The first-order valence-corrected chi connectivity index (χ1v) is 7.73. The van der Waals surface area contributed by atoms with Crippen LogP contribution in [0.5, 0.6) is 0 Å². The van der Waals surface area contributed by atoms with Crippen molar-refractivity contribution in [3.05, 3.63) is 0 Å². The van der Waals surface area contributed by atoms with Gasteiger partial charge in [-0.15, -0.1) is 0 Å². The Bertz CT molecular complexity index is 297. The summed E-state index contributed by atoms with van der Waals surface area (Å²) in [7, 11) is 0. The minimum absolute atomic E-state index is 0.243. The lowest BCUT2D eigenvalue weighted by Gasteiger charge is -2.38. The van der Waals surface area contributed by atoms with Gasteiger partial charge in [-0.25, -0.2) is 0 Å². The van der Waals surface area contributed by atoms with Crippen LogP contribution in [-0.4, -0.2) is 49.1 Å². The van der Waals surface area contributed by atoms with E-state index in [1.807, 2.05) is 25.7 Å². The Labute approximate surface area is 117 Å². The Morgan fingerprint density at radius 3 is 2.37 bits per heavy atom. The third-order valence-corrected chi connectivity index (χ3v) is 4.19. The summed E-state index contributed by atoms with van der Waals surface area (Å²) in [6.45, 7) is 10.1. The first kappa shape index (κ1) is 14.8. The summed E-state index contributed by atoms with van der Waals surface area (Å²) in [5, 5.41) is 7.20. The van der Waals surface area contributed by atoms with Gasteiger partial charge in [0.15, 0.2) is 0 Å². The minimum atomic E-state index is -0.243. The number of piperidine rings is 2. The van der Waals surface area contributed by atoms with E-state index in [9.17, 15) is 4.79 Å². The van der Waals surface area contributed by atoms with Crippen LogP contribution in [0, 0.1) is 5.41 Å². The molecule has 1 atom stereocenters. The highest BCUT2D eigenvalue weighted by Gasteiger charge is 2.30. The fraction of sp³-hybridized carbons (Fsp3) is 0.933. The van der Waals surface area contributed by atoms with Crippen molar-refractivity contribution in [2.24, 2.45) is 5.41 Å². The second kappa shape index (κ2) is 6.23. The van der Waals surface area contributed by atoms with Crippen LogP contribution in [0.25, 0.3) is 0 Å². The van der Waals surface area contributed by atoms with Gasteiger partial charge in [-0.05, 0) is 32.2 Å². The first-order valence-electron chi connectivity index (χ1n) is 7.73. The van der Waals surface area contributed by atoms with Crippen molar-refractivity contribution < 1.29 is 4.79 Å². The lowest BCUT2D eigenvalue weighted by molar-refractivity contribution is -0.140. The Morgan fingerprint density at radius 2 is 1.84 bits per heavy atom. The molecular weight excluding hydrogens is 238 g/mol. The van der Waals surface area contributed by atoms with Crippen molar-refractivity contribution in [3.63, 3.8) is 0 Å². The zero-order valence-corrected chi connectivity index (χ0v) is 12.7. The average Bonchev–Trinajstić information content (AvgIpc) is 2.39. The van der Waals surface area contributed by atoms with Gasteiger partial charge < -0.3 is 15.5 Å². The molecule has 0 radical (unpaired) electrons. The zero-order valence-electron chi connectivity index (χ0n) is 12.7. The summed E-state index contributed by atoms with van der Waals surface area (Å²) in [5.41, 5.74) is -0.243.